The molecule has 4 nitrogen and oxygen atoms in total. The van der Waals surface area contributed by atoms with Crippen LogP contribution in [0.25, 0.3) is 0 Å². The summed E-state index contributed by atoms with van der Waals surface area (Å²) < 4.78 is 6.58. The number of unbranched alkanes of at least 4 members (excludes halogenated alkanes) is 1. The zero-order valence-corrected chi connectivity index (χ0v) is 14.6. The number of hydrogen-bond acceptors (Lipinski definition) is 3. The number of carbonyl (C=O) groups is 1. The Labute approximate surface area is 135 Å². The minimum absolute atomic E-state index is 0.0579. The molecule has 21 heavy (non-hydrogen) atoms. The standard InChI is InChI=1S/C16H25BrN2O2/c1-4-5-8-18-16(20)11-21-14-6-7-15(17)13(9-14)10-19-12(2)3/h6-7,9,12,19H,4-5,8,10-11H2,1-3H3,(H,18,20). The van der Waals surface area contributed by atoms with E-state index in [1.165, 1.54) is 0 Å². The van der Waals surface area contributed by atoms with Crippen LogP contribution in [-0.2, 0) is 11.3 Å². The maximum Gasteiger partial charge on any atom is 0.257 e. The second-order valence-electron chi connectivity index (χ2n) is 5.28. The average Bonchev–Trinajstić information content (AvgIpc) is 2.45. The molecule has 0 spiro atoms. The van der Waals surface area contributed by atoms with Crippen molar-refractivity contribution in [2.24, 2.45) is 0 Å². The Morgan fingerprint density at radius 1 is 1.38 bits per heavy atom. The molecule has 0 saturated carbocycles. The van der Waals surface area contributed by atoms with E-state index in [4.69, 9.17) is 4.74 Å². The topological polar surface area (TPSA) is 50.4 Å². The van der Waals surface area contributed by atoms with Gasteiger partial charge >= 0.3 is 0 Å². The van der Waals surface area contributed by atoms with Crippen LogP contribution in [0.3, 0.4) is 0 Å². The van der Waals surface area contributed by atoms with Crippen molar-refractivity contribution in [1.82, 2.24) is 10.6 Å². The maximum absolute atomic E-state index is 11.6. The normalized spacial score (nSPS) is 10.7. The summed E-state index contributed by atoms with van der Waals surface area (Å²) in [5.41, 5.74) is 1.12. The predicted octanol–water partition coefficient (Wildman–Crippen LogP) is 3.24. The van der Waals surface area contributed by atoms with E-state index in [2.05, 4.69) is 47.3 Å². The number of benzene rings is 1. The molecule has 0 aliphatic carbocycles. The Hall–Kier alpha value is -1.07. The van der Waals surface area contributed by atoms with Crippen molar-refractivity contribution >= 4 is 21.8 Å². The van der Waals surface area contributed by atoms with E-state index in [-0.39, 0.29) is 12.5 Å². The number of hydrogen-bond donors (Lipinski definition) is 2. The van der Waals surface area contributed by atoms with Crippen LogP contribution in [0.2, 0.25) is 0 Å². The Bertz CT molecular complexity index is 450. The van der Waals surface area contributed by atoms with Crippen molar-refractivity contribution in [2.45, 2.75) is 46.2 Å². The molecule has 1 amide bonds. The molecule has 0 aliphatic rings. The van der Waals surface area contributed by atoms with Crippen molar-refractivity contribution in [3.05, 3.63) is 28.2 Å². The molecular weight excluding hydrogens is 332 g/mol. The monoisotopic (exact) mass is 356 g/mol. The molecule has 0 fully saturated rings. The Kier molecular flexibility index (Phi) is 8.38. The van der Waals surface area contributed by atoms with Crippen LogP contribution in [0.1, 0.15) is 39.2 Å². The van der Waals surface area contributed by atoms with Crippen molar-refractivity contribution in [2.75, 3.05) is 13.2 Å². The van der Waals surface area contributed by atoms with Crippen LogP contribution < -0.4 is 15.4 Å². The molecule has 118 valence electrons. The van der Waals surface area contributed by atoms with E-state index in [9.17, 15) is 4.79 Å². The third kappa shape index (κ3) is 7.48. The zero-order valence-electron chi connectivity index (χ0n) is 13.0. The van der Waals surface area contributed by atoms with Crippen LogP contribution in [0.15, 0.2) is 22.7 Å². The predicted molar refractivity (Wildman–Crippen MR) is 89.5 cm³/mol. The summed E-state index contributed by atoms with van der Waals surface area (Å²) >= 11 is 3.53. The fraction of sp³-hybridized carbons (Fsp3) is 0.562. The highest BCUT2D eigenvalue weighted by molar-refractivity contribution is 9.10. The lowest BCUT2D eigenvalue weighted by atomic mass is 10.2. The molecule has 0 aliphatic heterocycles. The highest BCUT2D eigenvalue weighted by Gasteiger charge is 2.06. The smallest absolute Gasteiger partial charge is 0.257 e. The molecule has 0 saturated heterocycles. The van der Waals surface area contributed by atoms with Crippen LogP contribution >= 0.6 is 15.9 Å². The van der Waals surface area contributed by atoms with Crippen molar-refractivity contribution in [3.63, 3.8) is 0 Å². The summed E-state index contributed by atoms with van der Waals surface area (Å²) in [7, 11) is 0. The van der Waals surface area contributed by atoms with Gasteiger partial charge in [-0.1, -0.05) is 43.1 Å². The SMILES string of the molecule is CCCCNC(=O)COc1ccc(Br)c(CNC(C)C)c1. The summed E-state index contributed by atoms with van der Waals surface area (Å²) in [6.45, 7) is 7.84. The second-order valence-corrected chi connectivity index (χ2v) is 6.14. The lowest BCUT2D eigenvalue weighted by Gasteiger charge is -2.12. The first-order valence-corrected chi connectivity index (χ1v) is 8.23. The van der Waals surface area contributed by atoms with Gasteiger partial charge in [0.25, 0.3) is 5.91 Å². The van der Waals surface area contributed by atoms with Gasteiger partial charge in [-0.05, 0) is 30.2 Å². The van der Waals surface area contributed by atoms with Crippen molar-refractivity contribution < 1.29 is 9.53 Å². The molecule has 1 rings (SSSR count). The molecule has 5 heteroatoms. The molecule has 1 aromatic rings. The zero-order chi connectivity index (χ0) is 15.7. The van der Waals surface area contributed by atoms with Crippen LogP contribution in [-0.4, -0.2) is 25.1 Å². The molecule has 0 aromatic heterocycles. The lowest BCUT2D eigenvalue weighted by Crippen LogP contribution is -2.29. The van der Waals surface area contributed by atoms with E-state index in [0.717, 1.165) is 29.4 Å². The highest BCUT2D eigenvalue weighted by atomic mass is 79.9. The first-order valence-electron chi connectivity index (χ1n) is 7.44. The first-order chi connectivity index (χ1) is 10.0. The van der Waals surface area contributed by atoms with E-state index >= 15 is 0 Å². The largest absolute Gasteiger partial charge is 0.484 e. The van der Waals surface area contributed by atoms with Gasteiger partial charge in [-0.3, -0.25) is 4.79 Å². The maximum atomic E-state index is 11.6. The second kappa shape index (κ2) is 9.79. The van der Waals surface area contributed by atoms with E-state index < -0.39 is 0 Å². The molecule has 1 aromatic carbocycles. The van der Waals surface area contributed by atoms with Gasteiger partial charge in [0, 0.05) is 23.6 Å². The van der Waals surface area contributed by atoms with Gasteiger partial charge in [0.1, 0.15) is 5.75 Å². The quantitative estimate of drug-likeness (QED) is 0.667. The van der Waals surface area contributed by atoms with Gasteiger partial charge in [0.05, 0.1) is 0 Å². The number of carbonyl (C=O) groups excluding carboxylic acids is 1. The van der Waals surface area contributed by atoms with Gasteiger partial charge in [-0.2, -0.15) is 0 Å². The van der Waals surface area contributed by atoms with E-state index in [1.54, 1.807) is 0 Å². The summed E-state index contributed by atoms with van der Waals surface area (Å²) in [5, 5.41) is 6.20. The summed E-state index contributed by atoms with van der Waals surface area (Å²) in [4.78, 5) is 11.6. The minimum Gasteiger partial charge on any atom is -0.484 e. The number of rotatable bonds is 9. The third-order valence-electron chi connectivity index (χ3n) is 2.94. The molecule has 0 unspecified atom stereocenters. The molecular formula is C16H25BrN2O2. The van der Waals surface area contributed by atoms with Gasteiger partial charge in [0.2, 0.25) is 0 Å². The van der Waals surface area contributed by atoms with E-state index in [1.807, 2.05) is 18.2 Å². The Morgan fingerprint density at radius 2 is 2.14 bits per heavy atom. The lowest BCUT2D eigenvalue weighted by molar-refractivity contribution is -0.123. The summed E-state index contributed by atoms with van der Waals surface area (Å²) in [5.74, 6) is 0.637. The number of nitrogens with one attached hydrogen (secondary N) is 2. The Balaban J connectivity index is 2.48. The van der Waals surface area contributed by atoms with Gasteiger partial charge in [-0.25, -0.2) is 0 Å². The minimum atomic E-state index is -0.0757. The van der Waals surface area contributed by atoms with Crippen LogP contribution in [0, 0.1) is 0 Å². The summed E-state index contributed by atoms with van der Waals surface area (Å²) in [6.07, 6.45) is 2.06. The molecule has 2 N–H and O–H groups in total. The van der Waals surface area contributed by atoms with Crippen LogP contribution in [0.4, 0.5) is 0 Å². The molecule has 0 bridgehead atoms. The fourth-order valence-electron chi connectivity index (χ4n) is 1.69. The number of amides is 1. The van der Waals surface area contributed by atoms with E-state index in [0.29, 0.717) is 18.3 Å². The Morgan fingerprint density at radius 3 is 2.81 bits per heavy atom. The van der Waals surface area contributed by atoms with Gasteiger partial charge in [-0.15, -0.1) is 0 Å². The van der Waals surface area contributed by atoms with Gasteiger partial charge < -0.3 is 15.4 Å². The first kappa shape index (κ1) is 18.0. The van der Waals surface area contributed by atoms with Crippen molar-refractivity contribution in [3.8, 4) is 5.75 Å². The molecule has 0 atom stereocenters. The average molecular weight is 357 g/mol. The highest BCUT2D eigenvalue weighted by Crippen LogP contribution is 2.22. The summed E-state index contributed by atoms with van der Waals surface area (Å²) in [6, 6.07) is 6.19. The number of ether oxygens (including phenoxy) is 1. The molecule has 0 radical (unpaired) electrons. The third-order valence-corrected chi connectivity index (χ3v) is 3.71. The van der Waals surface area contributed by atoms with Crippen LogP contribution in [0.5, 0.6) is 5.75 Å². The number of halogens is 1. The van der Waals surface area contributed by atoms with Gasteiger partial charge in [0.15, 0.2) is 6.61 Å². The molecule has 0 heterocycles. The van der Waals surface area contributed by atoms with Crippen molar-refractivity contribution in [1.29, 1.82) is 0 Å². The fourth-order valence-corrected chi connectivity index (χ4v) is 2.08.